The number of amides is 1. The number of hydrogen-bond donors (Lipinski definition) is 1. The number of β-amino-alcohol motifs (C(OH)–C–C–N with tert-alkyl or cyclic N) is 1. The van der Waals surface area contributed by atoms with Crippen molar-refractivity contribution in [2.45, 2.75) is 33.2 Å². The average Bonchev–Trinajstić information content (AvgIpc) is 3.09. The molecule has 2 saturated heterocycles. The molecule has 8 nitrogen and oxygen atoms in total. The monoisotopic (exact) mass is 487 g/mol. The first-order valence-corrected chi connectivity index (χ1v) is 12.4. The second-order valence-corrected chi connectivity index (χ2v) is 10.1. The minimum atomic E-state index is -0.203. The van der Waals surface area contributed by atoms with Crippen molar-refractivity contribution in [1.29, 1.82) is 0 Å². The molecule has 0 spiro atoms. The van der Waals surface area contributed by atoms with Gasteiger partial charge < -0.3 is 10.0 Å². The van der Waals surface area contributed by atoms with Crippen LogP contribution in [-0.2, 0) is 4.79 Å². The van der Waals surface area contributed by atoms with Crippen LogP contribution in [0.3, 0.4) is 0 Å². The van der Waals surface area contributed by atoms with E-state index in [1.807, 2.05) is 32.9 Å². The van der Waals surface area contributed by atoms with Crippen molar-refractivity contribution in [1.82, 2.24) is 19.2 Å². The third kappa shape index (κ3) is 4.57. The van der Waals surface area contributed by atoms with Crippen molar-refractivity contribution in [3.63, 3.8) is 0 Å². The second-order valence-electron chi connectivity index (χ2n) is 8.40. The standard InChI is InChI=1S/C23H29N5O3S2/c1-4-16(3)28-22(31)18(33-23(28)32)14-17-20(26-10-8-25(9-11-26)12-13-29)24-19-15(2)6-5-7-27(19)21(17)30/h5-7,14,16,29H,4,8-13H2,1-3H3/b18-14-. The summed E-state index contributed by atoms with van der Waals surface area (Å²) in [4.78, 5) is 38.0. The third-order valence-electron chi connectivity index (χ3n) is 6.28. The van der Waals surface area contributed by atoms with Crippen LogP contribution in [0.5, 0.6) is 0 Å². The molecule has 176 valence electrons. The Morgan fingerprint density at radius 1 is 1.27 bits per heavy atom. The van der Waals surface area contributed by atoms with E-state index in [0.717, 1.165) is 25.1 Å². The van der Waals surface area contributed by atoms with Crippen molar-refractivity contribution >= 4 is 51.7 Å². The highest BCUT2D eigenvalue weighted by Crippen LogP contribution is 2.35. The molecular formula is C23H29N5O3S2. The first kappa shape index (κ1) is 23.9. The number of aryl methyl sites for hydroxylation is 1. The lowest BCUT2D eigenvalue weighted by atomic mass is 10.2. The van der Waals surface area contributed by atoms with Crippen LogP contribution < -0.4 is 10.5 Å². The molecule has 4 rings (SSSR count). The summed E-state index contributed by atoms with van der Waals surface area (Å²) in [5, 5.41) is 9.25. The predicted octanol–water partition coefficient (Wildman–Crippen LogP) is 2.12. The van der Waals surface area contributed by atoms with Crippen molar-refractivity contribution in [3.05, 3.63) is 44.7 Å². The Balaban J connectivity index is 1.80. The Morgan fingerprint density at radius 3 is 2.67 bits per heavy atom. The highest BCUT2D eigenvalue weighted by molar-refractivity contribution is 8.26. The number of hydrogen-bond acceptors (Lipinski definition) is 8. The number of piperazine rings is 1. The molecule has 1 N–H and O–H groups in total. The van der Waals surface area contributed by atoms with E-state index in [0.29, 0.717) is 45.9 Å². The topological polar surface area (TPSA) is 81.4 Å². The summed E-state index contributed by atoms with van der Waals surface area (Å²) in [6, 6.07) is 3.76. The third-order valence-corrected chi connectivity index (χ3v) is 7.61. The van der Waals surface area contributed by atoms with Gasteiger partial charge in [0, 0.05) is 45.0 Å². The van der Waals surface area contributed by atoms with E-state index in [-0.39, 0.29) is 24.1 Å². The molecular weight excluding hydrogens is 458 g/mol. The lowest BCUT2D eigenvalue weighted by molar-refractivity contribution is -0.123. The molecule has 1 amide bonds. The zero-order valence-corrected chi connectivity index (χ0v) is 20.8. The molecule has 2 aliphatic heterocycles. The summed E-state index contributed by atoms with van der Waals surface area (Å²) >= 11 is 6.71. The first-order chi connectivity index (χ1) is 15.8. The Kier molecular flexibility index (Phi) is 7.18. The summed E-state index contributed by atoms with van der Waals surface area (Å²) in [5.41, 5.74) is 1.72. The van der Waals surface area contributed by atoms with Crippen LogP contribution in [-0.4, -0.2) is 79.9 Å². The summed E-state index contributed by atoms with van der Waals surface area (Å²) in [5.74, 6) is 0.429. The fourth-order valence-electron chi connectivity index (χ4n) is 4.17. The van der Waals surface area contributed by atoms with Gasteiger partial charge in [-0.05, 0) is 38.0 Å². The maximum atomic E-state index is 13.6. The second kappa shape index (κ2) is 9.92. The van der Waals surface area contributed by atoms with Gasteiger partial charge in [-0.3, -0.25) is 23.8 Å². The van der Waals surface area contributed by atoms with Crippen LogP contribution >= 0.6 is 24.0 Å². The van der Waals surface area contributed by atoms with Crippen LogP contribution in [0.15, 0.2) is 28.0 Å². The SMILES string of the molecule is CCC(C)N1C(=O)/C(=C/c2c(N3CCN(CCO)CC3)nc3c(C)cccn3c2=O)SC1=S. The fourth-order valence-corrected chi connectivity index (χ4v) is 5.61. The van der Waals surface area contributed by atoms with Crippen LogP contribution in [0.2, 0.25) is 0 Å². The molecule has 2 aliphatic rings. The van der Waals surface area contributed by atoms with Gasteiger partial charge in [-0.25, -0.2) is 4.98 Å². The number of carbonyl (C=O) groups excluding carboxylic acids is 1. The molecule has 10 heteroatoms. The Morgan fingerprint density at radius 2 is 2.00 bits per heavy atom. The number of aliphatic hydroxyl groups excluding tert-OH is 1. The average molecular weight is 488 g/mol. The van der Waals surface area contributed by atoms with E-state index in [9.17, 15) is 14.7 Å². The van der Waals surface area contributed by atoms with E-state index in [2.05, 4.69) is 9.80 Å². The van der Waals surface area contributed by atoms with Crippen LogP contribution in [0.25, 0.3) is 11.7 Å². The maximum absolute atomic E-state index is 13.6. The van der Waals surface area contributed by atoms with E-state index < -0.39 is 0 Å². The van der Waals surface area contributed by atoms with Gasteiger partial charge in [0.25, 0.3) is 11.5 Å². The molecule has 2 fully saturated rings. The number of rotatable bonds is 6. The van der Waals surface area contributed by atoms with Crippen molar-refractivity contribution in [3.8, 4) is 0 Å². The van der Waals surface area contributed by atoms with Crippen LogP contribution in [0, 0.1) is 6.92 Å². The minimum absolute atomic E-state index is 0.000878. The van der Waals surface area contributed by atoms with Gasteiger partial charge in [-0.15, -0.1) is 0 Å². The lowest BCUT2D eigenvalue weighted by Crippen LogP contribution is -2.48. The number of carbonyl (C=O) groups is 1. The van der Waals surface area contributed by atoms with E-state index in [1.54, 1.807) is 21.6 Å². The Labute approximate surface area is 202 Å². The molecule has 0 bridgehead atoms. The highest BCUT2D eigenvalue weighted by Gasteiger charge is 2.35. The molecule has 0 aliphatic carbocycles. The number of aromatic nitrogens is 2. The van der Waals surface area contributed by atoms with Crippen LogP contribution in [0.1, 0.15) is 31.4 Å². The molecule has 0 saturated carbocycles. The van der Waals surface area contributed by atoms with Crippen molar-refractivity contribution in [2.75, 3.05) is 44.2 Å². The number of pyridine rings is 1. The van der Waals surface area contributed by atoms with Crippen molar-refractivity contribution in [2.24, 2.45) is 0 Å². The van der Waals surface area contributed by atoms with Gasteiger partial charge in [-0.2, -0.15) is 0 Å². The Hall–Kier alpha value is -2.27. The van der Waals surface area contributed by atoms with Gasteiger partial charge in [0.2, 0.25) is 0 Å². The van der Waals surface area contributed by atoms with Gasteiger partial charge in [0.15, 0.2) is 0 Å². The fraction of sp³-hybridized carbons (Fsp3) is 0.478. The van der Waals surface area contributed by atoms with Crippen LogP contribution in [0.4, 0.5) is 5.82 Å². The quantitative estimate of drug-likeness (QED) is 0.490. The minimum Gasteiger partial charge on any atom is -0.395 e. The number of aliphatic hydroxyl groups is 1. The maximum Gasteiger partial charge on any atom is 0.267 e. The van der Waals surface area contributed by atoms with Gasteiger partial charge in [-0.1, -0.05) is 37.0 Å². The highest BCUT2D eigenvalue weighted by atomic mass is 32.2. The molecule has 0 radical (unpaired) electrons. The number of anilines is 1. The lowest BCUT2D eigenvalue weighted by Gasteiger charge is -2.35. The molecule has 4 heterocycles. The molecule has 1 atom stereocenters. The number of thioether (sulfide) groups is 1. The number of fused-ring (bicyclic) bond motifs is 1. The van der Waals surface area contributed by atoms with Gasteiger partial charge >= 0.3 is 0 Å². The molecule has 1 unspecified atom stereocenters. The largest absolute Gasteiger partial charge is 0.395 e. The van der Waals surface area contributed by atoms with E-state index >= 15 is 0 Å². The van der Waals surface area contributed by atoms with Gasteiger partial charge in [0.1, 0.15) is 15.8 Å². The zero-order chi connectivity index (χ0) is 23.7. The van der Waals surface area contributed by atoms with E-state index in [4.69, 9.17) is 17.2 Å². The molecule has 2 aromatic heterocycles. The zero-order valence-electron chi connectivity index (χ0n) is 19.2. The van der Waals surface area contributed by atoms with Gasteiger partial charge in [0.05, 0.1) is 17.1 Å². The summed E-state index contributed by atoms with van der Waals surface area (Å²) in [6.45, 7) is 9.58. The molecule has 2 aromatic rings. The summed E-state index contributed by atoms with van der Waals surface area (Å²) in [6.07, 6.45) is 4.17. The predicted molar refractivity (Wildman–Crippen MR) is 137 cm³/mol. The first-order valence-electron chi connectivity index (χ1n) is 11.2. The summed E-state index contributed by atoms with van der Waals surface area (Å²) < 4.78 is 2.06. The van der Waals surface area contributed by atoms with Crippen molar-refractivity contribution < 1.29 is 9.90 Å². The number of thiocarbonyl (C=S) groups is 1. The number of nitrogens with zero attached hydrogens (tertiary/aromatic N) is 5. The molecule has 0 aromatic carbocycles. The Bertz CT molecular complexity index is 1170. The molecule has 33 heavy (non-hydrogen) atoms. The summed E-state index contributed by atoms with van der Waals surface area (Å²) in [7, 11) is 0. The normalized spacial score (nSPS) is 19.8. The van der Waals surface area contributed by atoms with E-state index in [1.165, 1.54) is 11.8 Å². The smallest absolute Gasteiger partial charge is 0.267 e.